The lowest BCUT2D eigenvalue weighted by molar-refractivity contribution is -0.145. The van der Waals surface area contributed by atoms with Crippen molar-refractivity contribution < 1.29 is 29.0 Å². The smallest absolute Gasteiger partial charge is 0.377 e. The molecule has 2 aromatic rings. The predicted molar refractivity (Wildman–Crippen MR) is 114 cm³/mol. The van der Waals surface area contributed by atoms with Crippen molar-refractivity contribution in [3.05, 3.63) is 65.9 Å². The highest BCUT2D eigenvalue weighted by atomic mass is 16.6. The second kappa shape index (κ2) is 10.2. The molecule has 1 aromatic carbocycles. The summed E-state index contributed by atoms with van der Waals surface area (Å²) in [6.45, 7) is 9.50. The Bertz CT molecular complexity index is 1040. The lowest BCUT2D eigenvalue weighted by Crippen LogP contribution is -2.16. The minimum absolute atomic E-state index is 0.0298. The van der Waals surface area contributed by atoms with E-state index in [9.17, 15) is 19.5 Å². The maximum Gasteiger partial charge on any atom is 0.377 e. The quantitative estimate of drug-likeness (QED) is 0.276. The Morgan fingerprint density at radius 2 is 1.97 bits per heavy atom. The van der Waals surface area contributed by atoms with Crippen LogP contribution in [0.3, 0.4) is 0 Å². The highest BCUT2D eigenvalue weighted by Gasteiger charge is 2.27. The number of rotatable bonds is 10. The van der Waals surface area contributed by atoms with Gasteiger partial charge in [-0.3, -0.25) is 4.79 Å². The number of aromatic nitrogens is 1. The Balaban J connectivity index is 2.58. The van der Waals surface area contributed by atoms with Gasteiger partial charge in [-0.1, -0.05) is 36.9 Å². The number of hydrogen-bond donors (Lipinski definition) is 1. The molecule has 0 atom stereocenters. The molecule has 2 rings (SSSR count). The number of benzene rings is 1. The van der Waals surface area contributed by atoms with Gasteiger partial charge < -0.3 is 19.1 Å². The first-order chi connectivity index (χ1) is 14.3. The molecule has 0 aliphatic heterocycles. The number of nitrogens with zero attached hydrogens (tertiary/aromatic N) is 1. The van der Waals surface area contributed by atoms with E-state index in [0.717, 1.165) is 5.57 Å². The molecule has 0 spiro atoms. The van der Waals surface area contributed by atoms with E-state index in [0.29, 0.717) is 23.1 Å². The largest absolute Gasteiger partial charge is 0.481 e. The van der Waals surface area contributed by atoms with Crippen molar-refractivity contribution >= 4 is 28.6 Å². The molecule has 1 aromatic heterocycles. The molecule has 0 saturated carbocycles. The number of esters is 1. The summed E-state index contributed by atoms with van der Waals surface area (Å²) < 4.78 is 12.3. The second-order valence-electron chi connectivity index (χ2n) is 6.47. The van der Waals surface area contributed by atoms with Crippen LogP contribution in [0.15, 0.2) is 54.7 Å². The number of ether oxygens (including phenoxy) is 2. The third kappa shape index (κ3) is 5.05. The minimum atomic E-state index is -1.57. The fourth-order valence-corrected chi connectivity index (χ4v) is 3.10. The number of hydrogen-bond acceptors (Lipinski definition) is 5. The SMILES string of the molecule is C=C(/C=C\C=C/C)Cn1c(C)c(C(=O)C(=O)O)c2c(OCC(=O)OCC)cccc21. The van der Waals surface area contributed by atoms with Gasteiger partial charge in [-0.2, -0.15) is 0 Å². The maximum atomic E-state index is 12.5. The molecule has 7 nitrogen and oxygen atoms in total. The molecule has 0 aliphatic rings. The predicted octanol–water partition coefficient (Wildman–Crippen LogP) is 3.85. The van der Waals surface area contributed by atoms with Gasteiger partial charge in [0.1, 0.15) is 5.75 Å². The van der Waals surface area contributed by atoms with Crippen LogP contribution in [0.4, 0.5) is 0 Å². The third-order valence-corrected chi connectivity index (χ3v) is 4.38. The van der Waals surface area contributed by atoms with Crippen molar-refractivity contribution in [1.29, 1.82) is 0 Å². The van der Waals surface area contributed by atoms with E-state index in [1.807, 2.05) is 35.8 Å². The summed E-state index contributed by atoms with van der Waals surface area (Å²) in [7, 11) is 0. The monoisotopic (exact) mass is 411 g/mol. The van der Waals surface area contributed by atoms with Gasteiger partial charge >= 0.3 is 11.9 Å². The Labute approximate surface area is 174 Å². The number of aliphatic carboxylic acids is 1. The zero-order valence-electron chi connectivity index (χ0n) is 17.3. The van der Waals surface area contributed by atoms with E-state index in [1.165, 1.54) is 0 Å². The molecule has 0 aliphatic carbocycles. The Morgan fingerprint density at radius 1 is 1.23 bits per heavy atom. The zero-order valence-corrected chi connectivity index (χ0v) is 17.3. The molecule has 1 N–H and O–H groups in total. The summed E-state index contributed by atoms with van der Waals surface area (Å²) in [6.07, 6.45) is 7.44. The van der Waals surface area contributed by atoms with E-state index in [4.69, 9.17) is 9.47 Å². The van der Waals surface area contributed by atoms with Crippen LogP contribution in [0.2, 0.25) is 0 Å². The molecule has 0 fully saturated rings. The molecule has 0 amide bonds. The van der Waals surface area contributed by atoms with Crippen LogP contribution in [0.1, 0.15) is 29.9 Å². The molecule has 30 heavy (non-hydrogen) atoms. The first-order valence-electron chi connectivity index (χ1n) is 9.46. The molecule has 0 unspecified atom stereocenters. The Kier molecular flexibility index (Phi) is 7.75. The molecular weight excluding hydrogens is 386 g/mol. The van der Waals surface area contributed by atoms with Gasteiger partial charge in [-0.05, 0) is 38.5 Å². The van der Waals surface area contributed by atoms with Gasteiger partial charge in [0.25, 0.3) is 5.78 Å². The van der Waals surface area contributed by atoms with Crippen molar-refractivity contribution in [2.24, 2.45) is 0 Å². The summed E-state index contributed by atoms with van der Waals surface area (Å²) in [6, 6.07) is 5.07. The van der Waals surface area contributed by atoms with E-state index in [-0.39, 0.29) is 24.5 Å². The summed E-state index contributed by atoms with van der Waals surface area (Å²) in [4.78, 5) is 35.6. The van der Waals surface area contributed by atoms with Crippen molar-refractivity contribution in [2.75, 3.05) is 13.2 Å². The second-order valence-corrected chi connectivity index (χ2v) is 6.47. The van der Waals surface area contributed by atoms with Gasteiger partial charge in [0.15, 0.2) is 6.61 Å². The maximum absolute atomic E-state index is 12.5. The van der Waals surface area contributed by atoms with Crippen LogP contribution in [0.5, 0.6) is 5.75 Å². The Morgan fingerprint density at radius 3 is 2.60 bits per heavy atom. The van der Waals surface area contributed by atoms with Crippen molar-refractivity contribution in [3.63, 3.8) is 0 Å². The third-order valence-electron chi connectivity index (χ3n) is 4.38. The highest BCUT2D eigenvalue weighted by Crippen LogP contribution is 2.34. The molecule has 1 heterocycles. The lowest BCUT2D eigenvalue weighted by Gasteiger charge is -2.10. The first kappa shape index (κ1) is 22.7. The molecule has 0 saturated heterocycles. The standard InChI is InChI=1S/C23H25NO6/c1-5-7-8-10-15(3)13-24-16(4)20(22(26)23(27)28)21-17(24)11-9-12-18(21)30-14-19(25)29-6-2/h5,7-12H,3,6,13-14H2,1-2,4H3,(H,27,28)/b7-5-,10-8-. The number of carboxylic acids is 1. The number of ketones is 1. The molecule has 0 bridgehead atoms. The van der Waals surface area contributed by atoms with Crippen LogP contribution in [0.25, 0.3) is 10.9 Å². The number of carbonyl (C=O) groups is 3. The molecule has 7 heteroatoms. The number of allylic oxidation sites excluding steroid dienone is 5. The van der Waals surface area contributed by atoms with Crippen LogP contribution < -0.4 is 4.74 Å². The molecule has 0 radical (unpaired) electrons. The Hall–Kier alpha value is -3.61. The fourth-order valence-electron chi connectivity index (χ4n) is 3.10. The van der Waals surface area contributed by atoms with Crippen LogP contribution in [0, 0.1) is 6.92 Å². The molecular formula is C23H25NO6. The normalized spacial score (nSPS) is 11.3. The van der Waals surface area contributed by atoms with Crippen LogP contribution in [-0.4, -0.2) is 40.6 Å². The number of fused-ring (bicyclic) bond motifs is 1. The zero-order chi connectivity index (χ0) is 22.3. The average molecular weight is 411 g/mol. The van der Waals surface area contributed by atoms with Crippen LogP contribution >= 0.6 is 0 Å². The van der Waals surface area contributed by atoms with Gasteiger partial charge in [0, 0.05) is 12.2 Å². The van der Waals surface area contributed by atoms with Crippen LogP contribution in [-0.2, 0) is 20.9 Å². The van der Waals surface area contributed by atoms with Gasteiger partial charge in [0.05, 0.1) is 23.1 Å². The average Bonchev–Trinajstić information content (AvgIpc) is 2.98. The summed E-state index contributed by atoms with van der Waals surface area (Å²) in [5.41, 5.74) is 1.88. The van der Waals surface area contributed by atoms with E-state index >= 15 is 0 Å². The van der Waals surface area contributed by atoms with Gasteiger partial charge in [-0.15, -0.1) is 0 Å². The van der Waals surface area contributed by atoms with Crippen molar-refractivity contribution in [2.45, 2.75) is 27.3 Å². The van der Waals surface area contributed by atoms with Gasteiger partial charge in [0.2, 0.25) is 0 Å². The number of carboxylic acid groups (broad SMARTS) is 1. The summed E-state index contributed by atoms with van der Waals surface area (Å²) in [5.74, 6) is -2.93. The minimum Gasteiger partial charge on any atom is -0.481 e. The van der Waals surface area contributed by atoms with Crippen molar-refractivity contribution in [3.8, 4) is 5.75 Å². The highest BCUT2D eigenvalue weighted by molar-refractivity contribution is 6.43. The summed E-state index contributed by atoms with van der Waals surface area (Å²) >= 11 is 0. The first-order valence-corrected chi connectivity index (χ1v) is 9.46. The van der Waals surface area contributed by atoms with Crippen molar-refractivity contribution in [1.82, 2.24) is 4.57 Å². The topological polar surface area (TPSA) is 94.8 Å². The number of Topliss-reactive ketones (excluding diaryl/α,β-unsaturated/α-hetero) is 1. The van der Waals surface area contributed by atoms with Gasteiger partial charge in [-0.25, -0.2) is 9.59 Å². The van der Waals surface area contributed by atoms with E-state index < -0.39 is 17.7 Å². The number of carbonyl (C=O) groups excluding carboxylic acids is 2. The lowest BCUT2D eigenvalue weighted by atomic mass is 10.1. The van der Waals surface area contributed by atoms with E-state index in [1.54, 1.807) is 32.0 Å². The molecule has 158 valence electrons. The van der Waals surface area contributed by atoms with E-state index in [2.05, 4.69) is 6.58 Å². The summed E-state index contributed by atoms with van der Waals surface area (Å²) in [5, 5.41) is 9.67. The fraction of sp³-hybridized carbons (Fsp3) is 0.261.